The second kappa shape index (κ2) is 7.24. The SMILES string of the molecule is Cl.Cn1ccc(NC(=O)c2ccc(N3CCNCC3)cn2)n1. The molecule has 1 aliphatic rings. The Labute approximate surface area is 135 Å². The molecule has 2 aromatic rings. The van der Waals surface area contributed by atoms with Crippen molar-refractivity contribution in [2.45, 2.75) is 0 Å². The standard InChI is InChI=1S/C14H18N6O.ClH/c1-19-7-4-13(18-19)17-14(21)12-3-2-11(10-16-12)20-8-5-15-6-9-20;/h2-4,7,10,15H,5-6,8-9H2,1H3,(H,17,18,21);1H. The molecule has 0 unspecified atom stereocenters. The van der Waals surface area contributed by atoms with Crippen molar-refractivity contribution in [1.29, 1.82) is 0 Å². The Morgan fingerprint density at radius 2 is 2.05 bits per heavy atom. The fourth-order valence-electron chi connectivity index (χ4n) is 2.29. The number of amides is 1. The Hall–Kier alpha value is -2.12. The molecule has 0 saturated carbocycles. The number of hydrogen-bond acceptors (Lipinski definition) is 5. The molecule has 0 bridgehead atoms. The molecular formula is C14H19ClN6O. The first kappa shape index (κ1) is 16.3. The maximum atomic E-state index is 12.1. The van der Waals surface area contributed by atoms with Crippen molar-refractivity contribution in [2.75, 3.05) is 36.4 Å². The van der Waals surface area contributed by atoms with Gasteiger partial charge in [-0.2, -0.15) is 5.10 Å². The summed E-state index contributed by atoms with van der Waals surface area (Å²) < 4.78 is 1.64. The van der Waals surface area contributed by atoms with Gasteiger partial charge in [-0.15, -0.1) is 12.4 Å². The van der Waals surface area contributed by atoms with Crippen LogP contribution in [0.1, 0.15) is 10.5 Å². The van der Waals surface area contributed by atoms with E-state index in [0.29, 0.717) is 11.5 Å². The molecule has 1 amide bonds. The fraction of sp³-hybridized carbons (Fsp3) is 0.357. The maximum absolute atomic E-state index is 12.1. The zero-order valence-corrected chi connectivity index (χ0v) is 13.1. The van der Waals surface area contributed by atoms with Crippen LogP contribution in [0.25, 0.3) is 0 Å². The Balaban J connectivity index is 0.00000176. The van der Waals surface area contributed by atoms with E-state index in [2.05, 4.69) is 25.6 Å². The highest BCUT2D eigenvalue weighted by molar-refractivity contribution is 6.02. The number of pyridine rings is 1. The number of aryl methyl sites for hydroxylation is 1. The summed E-state index contributed by atoms with van der Waals surface area (Å²) in [7, 11) is 1.80. The van der Waals surface area contributed by atoms with E-state index >= 15 is 0 Å². The zero-order chi connectivity index (χ0) is 14.7. The monoisotopic (exact) mass is 322 g/mol. The minimum Gasteiger partial charge on any atom is -0.368 e. The minimum absolute atomic E-state index is 0. The molecule has 22 heavy (non-hydrogen) atoms. The number of piperazine rings is 1. The van der Waals surface area contributed by atoms with Gasteiger partial charge in [-0.05, 0) is 12.1 Å². The number of carbonyl (C=O) groups is 1. The predicted octanol–water partition coefficient (Wildman–Crippen LogP) is 0.899. The van der Waals surface area contributed by atoms with Crippen LogP contribution >= 0.6 is 12.4 Å². The van der Waals surface area contributed by atoms with Gasteiger partial charge in [-0.1, -0.05) is 0 Å². The molecule has 0 spiro atoms. The van der Waals surface area contributed by atoms with Gasteiger partial charge in [-0.25, -0.2) is 4.98 Å². The van der Waals surface area contributed by atoms with E-state index in [0.717, 1.165) is 31.9 Å². The Bertz CT molecular complexity index is 621. The summed E-state index contributed by atoms with van der Waals surface area (Å²) in [6.07, 6.45) is 3.52. The van der Waals surface area contributed by atoms with E-state index in [1.54, 1.807) is 36.3 Å². The molecular weight excluding hydrogens is 304 g/mol. The first-order valence-electron chi connectivity index (χ1n) is 6.95. The Morgan fingerprint density at radius 3 is 2.64 bits per heavy atom. The summed E-state index contributed by atoms with van der Waals surface area (Å²) >= 11 is 0. The van der Waals surface area contributed by atoms with Crippen LogP contribution in [-0.4, -0.2) is 46.9 Å². The lowest BCUT2D eigenvalue weighted by Crippen LogP contribution is -2.43. The first-order chi connectivity index (χ1) is 10.2. The second-order valence-corrected chi connectivity index (χ2v) is 4.97. The Morgan fingerprint density at radius 1 is 1.27 bits per heavy atom. The van der Waals surface area contributed by atoms with E-state index in [4.69, 9.17) is 0 Å². The first-order valence-corrected chi connectivity index (χ1v) is 6.95. The molecule has 1 aliphatic heterocycles. The largest absolute Gasteiger partial charge is 0.368 e. The molecule has 3 rings (SSSR count). The van der Waals surface area contributed by atoms with Crippen molar-refractivity contribution in [2.24, 2.45) is 7.05 Å². The van der Waals surface area contributed by atoms with Gasteiger partial charge >= 0.3 is 0 Å². The van der Waals surface area contributed by atoms with Gasteiger partial charge in [-0.3, -0.25) is 9.48 Å². The van der Waals surface area contributed by atoms with Crippen LogP contribution in [0.15, 0.2) is 30.6 Å². The van der Waals surface area contributed by atoms with E-state index in [1.807, 2.05) is 6.07 Å². The van der Waals surface area contributed by atoms with Crippen molar-refractivity contribution in [1.82, 2.24) is 20.1 Å². The van der Waals surface area contributed by atoms with Crippen molar-refractivity contribution in [3.63, 3.8) is 0 Å². The van der Waals surface area contributed by atoms with Crippen LogP contribution in [0.2, 0.25) is 0 Å². The van der Waals surface area contributed by atoms with Gasteiger partial charge in [0.15, 0.2) is 5.82 Å². The summed E-state index contributed by atoms with van der Waals surface area (Å²) in [4.78, 5) is 18.6. The topological polar surface area (TPSA) is 75.1 Å². The van der Waals surface area contributed by atoms with Crippen molar-refractivity contribution in [3.05, 3.63) is 36.3 Å². The lowest BCUT2D eigenvalue weighted by Gasteiger charge is -2.29. The van der Waals surface area contributed by atoms with Crippen LogP contribution in [0.5, 0.6) is 0 Å². The van der Waals surface area contributed by atoms with Gasteiger partial charge < -0.3 is 15.5 Å². The van der Waals surface area contributed by atoms with Crippen molar-refractivity contribution >= 4 is 29.8 Å². The fourth-order valence-corrected chi connectivity index (χ4v) is 2.29. The highest BCUT2D eigenvalue weighted by atomic mass is 35.5. The van der Waals surface area contributed by atoms with E-state index in [1.165, 1.54) is 0 Å². The van der Waals surface area contributed by atoms with Crippen molar-refractivity contribution in [3.8, 4) is 0 Å². The van der Waals surface area contributed by atoms with Gasteiger partial charge in [0, 0.05) is 45.5 Å². The molecule has 8 heteroatoms. The number of rotatable bonds is 3. The molecule has 0 aliphatic carbocycles. The van der Waals surface area contributed by atoms with Gasteiger partial charge in [0.25, 0.3) is 5.91 Å². The Kier molecular flexibility index (Phi) is 5.35. The maximum Gasteiger partial charge on any atom is 0.275 e. The summed E-state index contributed by atoms with van der Waals surface area (Å²) in [5.74, 6) is 0.274. The molecule has 0 aromatic carbocycles. The van der Waals surface area contributed by atoms with Crippen LogP contribution in [0.3, 0.4) is 0 Å². The molecule has 0 radical (unpaired) electrons. The van der Waals surface area contributed by atoms with E-state index in [-0.39, 0.29) is 18.3 Å². The number of nitrogens with zero attached hydrogens (tertiary/aromatic N) is 4. The summed E-state index contributed by atoms with van der Waals surface area (Å²) in [5.41, 5.74) is 1.44. The highest BCUT2D eigenvalue weighted by Gasteiger charge is 2.13. The normalized spacial score (nSPS) is 14.3. The minimum atomic E-state index is -0.249. The van der Waals surface area contributed by atoms with Crippen LogP contribution in [-0.2, 0) is 7.05 Å². The van der Waals surface area contributed by atoms with Crippen molar-refractivity contribution < 1.29 is 4.79 Å². The van der Waals surface area contributed by atoms with Gasteiger partial charge in [0.05, 0.1) is 11.9 Å². The third-order valence-corrected chi connectivity index (χ3v) is 3.42. The number of hydrogen-bond donors (Lipinski definition) is 2. The second-order valence-electron chi connectivity index (χ2n) is 4.97. The molecule has 0 atom stereocenters. The lowest BCUT2D eigenvalue weighted by atomic mass is 10.2. The highest BCUT2D eigenvalue weighted by Crippen LogP contribution is 2.14. The van der Waals surface area contributed by atoms with Crippen LogP contribution in [0, 0.1) is 0 Å². The number of aromatic nitrogens is 3. The smallest absolute Gasteiger partial charge is 0.275 e. The summed E-state index contributed by atoms with van der Waals surface area (Å²) in [6, 6.07) is 5.42. The third-order valence-electron chi connectivity index (χ3n) is 3.42. The van der Waals surface area contributed by atoms with Crippen LogP contribution in [0.4, 0.5) is 11.5 Å². The van der Waals surface area contributed by atoms with E-state index < -0.39 is 0 Å². The summed E-state index contributed by atoms with van der Waals surface area (Å²) in [6.45, 7) is 3.87. The predicted molar refractivity (Wildman–Crippen MR) is 87.7 cm³/mol. The molecule has 118 valence electrons. The van der Waals surface area contributed by atoms with Gasteiger partial charge in [0.2, 0.25) is 0 Å². The number of halogens is 1. The number of carbonyl (C=O) groups excluding carboxylic acids is 1. The zero-order valence-electron chi connectivity index (χ0n) is 12.3. The molecule has 2 N–H and O–H groups in total. The molecule has 3 heterocycles. The van der Waals surface area contributed by atoms with Gasteiger partial charge in [0.1, 0.15) is 5.69 Å². The third kappa shape index (κ3) is 3.75. The molecule has 1 fully saturated rings. The molecule has 2 aromatic heterocycles. The molecule has 1 saturated heterocycles. The quantitative estimate of drug-likeness (QED) is 0.878. The average Bonchev–Trinajstić information content (AvgIpc) is 2.93. The summed E-state index contributed by atoms with van der Waals surface area (Å²) in [5, 5.41) is 10.1. The molecule has 7 nitrogen and oxygen atoms in total. The average molecular weight is 323 g/mol. The number of anilines is 2. The van der Waals surface area contributed by atoms with Crippen LogP contribution < -0.4 is 15.5 Å². The lowest BCUT2D eigenvalue weighted by molar-refractivity contribution is 0.102. The van der Waals surface area contributed by atoms with E-state index in [9.17, 15) is 4.79 Å². The number of nitrogens with one attached hydrogen (secondary N) is 2.